The highest BCUT2D eigenvalue weighted by molar-refractivity contribution is 6.16. The van der Waals surface area contributed by atoms with Gasteiger partial charge in [-0.2, -0.15) is 0 Å². The standard InChI is InChI=1S/C14H17ClN2O3/c1-19-8-9-20-7-6-17-13(10-15)16-12-5-3-2-4-11(12)14(17)18/h2-5H,6-10H2,1H3. The van der Waals surface area contributed by atoms with Gasteiger partial charge in [0.05, 0.1) is 43.1 Å². The van der Waals surface area contributed by atoms with Crippen molar-refractivity contribution in [1.82, 2.24) is 9.55 Å². The molecule has 0 fully saturated rings. The highest BCUT2D eigenvalue weighted by Crippen LogP contribution is 2.09. The largest absolute Gasteiger partial charge is 0.382 e. The first kappa shape index (κ1) is 15.0. The third kappa shape index (κ3) is 3.36. The number of ether oxygens (including phenoxy) is 2. The molecule has 0 aliphatic rings. The van der Waals surface area contributed by atoms with Gasteiger partial charge in [-0.1, -0.05) is 12.1 Å². The fourth-order valence-electron chi connectivity index (χ4n) is 1.95. The number of aromatic nitrogens is 2. The summed E-state index contributed by atoms with van der Waals surface area (Å²) in [6, 6.07) is 7.26. The molecule has 2 rings (SSSR count). The minimum atomic E-state index is -0.0819. The van der Waals surface area contributed by atoms with E-state index in [1.165, 1.54) is 0 Å². The van der Waals surface area contributed by atoms with E-state index in [-0.39, 0.29) is 11.4 Å². The van der Waals surface area contributed by atoms with Gasteiger partial charge in [0.2, 0.25) is 0 Å². The molecule has 0 amide bonds. The molecule has 0 aliphatic carbocycles. The first-order chi connectivity index (χ1) is 9.77. The van der Waals surface area contributed by atoms with Crippen LogP contribution in [0.15, 0.2) is 29.1 Å². The van der Waals surface area contributed by atoms with E-state index in [9.17, 15) is 4.79 Å². The number of para-hydroxylation sites is 1. The lowest BCUT2D eigenvalue weighted by Gasteiger charge is -2.12. The Bertz CT molecular complexity index is 627. The summed E-state index contributed by atoms with van der Waals surface area (Å²) in [4.78, 5) is 16.8. The smallest absolute Gasteiger partial charge is 0.261 e. The lowest BCUT2D eigenvalue weighted by molar-refractivity contribution is 0.0660. The molecule has 6 heteroatoms. The maximum Gasteiger partial charge on any atom is 0.261 e. The van der Waals surface area contributed by atoms with Crippen molar-refractivity contribution in [3.05, 3.63) is 40.4 Å². The van der Waals surface area contributed by atoms with Crippen LogP contribution < -0.4 is 5.56 Å². The number of hydrogen-bond acceptors (Lipinski definition) is 4. The summed E-state index contributed by atoms with van der Waals surface area (Å²) in [5, 5.41) is 0.596. The van der Waals surface area contributed by atoms with Crippen molar-refractivity contribution in [3.63, 3.8) is 0 Å². The molecule has 1 aromatic carbocycles. The number of nitrogens with zero attached hydrogens (tertiary/aromatic N) is 2. The lowest BCUT2D eigenvalue weighted by Crippen LogP contribution is -2.27. The van der Waals surface area contributed by atoms with Crippen molar-refractivity contribution in [3.8, 4) is 0 Å². The number of alkyl halides is 1. The van der Waals surface area contributed by atoms with Gasteiger partial charge in [0, 0.05) is 7.11 Å². The molecule has 5 nitrogen and oxygen atoms in total. The van der Waals surface area contributed by atoms with E-state index in [0.29, 0.717) is 43.1 Å². The predicted octanol–water partition coefficient (Wildman–Crippen LogP) is 1.80. The number of fused-ring (bicyclic) bond motifs is 1. The minimum Gasteiger partial charge on any atom is -0.382 e. The van der Waals surface area contributed by atoms with Gasteiger partial charge in [-0.15, -0.1) is 11.6 Å². The van der Waals surface area contributed by atoms with Crippen LogP contribution in [0.25, 0.3) is 10.9 Å². The summed E-state index contributed by atoms with van der Waals surface area (Å²) in [6.45, 7) is 1.89. The molecule has 0 bridgehead atoms. The van der Waals surface area contributed by atoms with Crippen molar-refractivity contribution in [2.24, 2.45) is 0 Å². The van der Waals surface area contributed by atoms with Gasteiger partial charge < -0.3 is 9.47 Å². The number of methoxy groups -OCH3 is 1. The number of benzene rings is 1. The van der Waals surface area contributed by atoms with E-state index in [4.69, 9.17) is 21.1 Å². The molecule has 108 valence electrons. The minimum absolute atomic E-state index is 0.0819. The third-order valence-electron chi connectivity index (χ3n) is 2.95. The van der Waals surface area contributed by atoms with Gasteiger partial charge >= 0.3 is 0 Å². The fraction of sp³-hybridized carbons (Fsp3) is 0.429. The molecular formula is C14H17ClN2O3. The second kappa shape index (κ2) is 7.38. The topological polar surface area (TPSA) is 53.4 Å². The first-order valence-corrected chi connectivity index (χ1v) is 6.92. The number of rotatable bonds is 7. The first-order valence-electron chi connectivity index (χ1n) is 6.39. The normalized spacial score (nSPS) is 11.1. The van der Waals surface area contributed by atoms with E-state index in [2.05, 4.69) is 4.98 Å². The maximum absolute atomic E-state index is 12.4. The van der Waals surface area contributed by atoms with Crippen LogP contribution in [-0.2, 0) is 21.9 Å². The molecule has 0 saturated heterocycles. The molecule has 1 aromatic heterocycles. The van der Waals surface area contributed by atoms with Crippen LogP contribution >= 0.6 is 11.6 Å². The Balaban J connectivity index is 2.22. The highest BCUT2D eigenvalue weighted by Gasteiger charge is 2.09. The van der Waals surface area contributed by atoms with Crippen molar-refractivity contribution >= 4 is 22.5 Å². The van der Waals surface area contributed by atoms with Crippen LogP contribution in [0.4, 0.5) is 0 Å². The number of halogens is 1. The number of hydrogen-bond donors (Lipinski definition) is 0. The van der Waals surface area contributed by atoms with Crippen molar-refractivity contribution in [2.45, 2.75) is 12.4 Å². The van der Waals surface area contributed by atoms with Crippen LogP contribution in [-0.4, -0.2) is 36.5 Å². The van der Waals surface area contributed by atoms with Gasteiger partial charge in [-0.25, -0.2) is 4.98 Å². The summed E-state index contributed by atoms with van der Waals surface area (Å²) < 4.78 is 11.9. The monoisotopic (exact) mass is 296 g/mol. The maximum atomic E-state index is 12.4. The Morgan fingerprint density at radius 1 is 1.25 bits per heavy atom. The summed E-state index contributed by atoms with van der Waals surface area (Å²) >= 11 is 5.88. The van der Waals surface area contributed by atoms with Crippen molar-refractivity contribution < 1.29 is 9.47 Å². The van der Waals surface area contributed by atoms with Gasteiger partial charge in [0.15, 0.2) is 0 Å². The molecule has 2 aromatic rings. The van der Waals surface area contributed by atoms with E-state index in [1.807, 2.05) is 18.2 Å². The second-order valence-electron chi connectivity index (χ2n) is 4.24. The zero-order chi connectivity index (χ0) is 14.4. The van der Waals surface area contributed by atoms with Crippen LogP contribution in [0, 0.1) is 0 Å². The van der Waals surface area contributed by atoms with Crippen LogP contribution in [0.1, 0.15) is 5.82 Å². The zero-order valence-corrected chi connectivity index (χ0v) is 12.1. The lowest BCUT2D eigenvalue weighted by atomic mass is 10.2. The Morgan fingerprint density at radius 2 is 2.05 bits per heavy atom. The summed E-state index contributed by atoms with van der Waals surface area (Å²) in [5.41, 5.74) is 0.589. The Morgan fingerprint density at radius 3 is 2.80 bits per heavy atom. The summed E-state index contributed by atoms with van der Waals surface area (Å²) in [7, 11) is 1.62. The van der Waals surface area contributed by atoms with Gasteiger partial charge in [-0.05, 0) is 12.1 Å². The van der Waals surface area contributed by atoms with Crippen molar-refractivity contribution in [2.75, 3.05) is 26.9 Å². The van der Waals surface area contributed by atoms with Crippen LogP contribution in [0.3, 0.4) is 0 Å². The molecular weight excluding hydrogens is 280 g/mol. The quantitative estimate of drug-likeness (QED) is 0.577. The molecule has 0 radical (unpaired) electrons. The summed E-state index contributed by atoms with van der Waals surface area (Å²) in [5.74, 6) is 0.753. The molecule has 0 atom stereocenters. The average Bonchev–Trinajstić information content (AvgIpc) is 2.48. The van der Waals surface area contributed by atoms with Crippen molar-refractivity contribution in [1.29, 1.82) is 0 Å². The Labute approximate surface area is 122 Å². The zero-order valence-electron chi connectivity index (χ0n) is 11.3. The van der Waals surface area contributed by atoms with E-state index in [1.54, 1.807) is 17.7 Å². The van der Waals surface area contributed by atoms with Crippen LogP contribution in [0.5, 0.6) is 0 Å². The Kier molecular flexibility index (Phi) is 5.52. The second-order valence-corrected chi connectivity index (χ2v) is 4.51. The fourth-order valence-corrected chi connectivity index (χ4v) is 2.15. The predicted molar refractivity (Wildman–Crippen MR) is 78.3 cm³/mol. The Hall–Kier alpha value is -1.43. The molecule has 0 N–H and O–H groups in total. The average molecular weight is 297 g/mol. The van der Waals surface area contributed by atoms with Gasteiger partial charge in [-0.3, -0.25) is 9.36 Å². The SMILES string of the molecule is COCCOCCn1c(CCl)nc2ccccc2c1=O. The van der Waals surface area contributed by atoms with E-state index >= 15 is 0 Å². The third-order valence-corrected chi connectivity index (χ3v) is 3.19. The molecule has 1 heterocycles. The highest BCUT2D eigenvalue weighted by atomic mass is 35.5. The molecule has 20 heavy (non-hydrogen) atoms. The van der Waals surface area contributed by atoms with E-state index in [0.717, 1.165) is 0 Å². The summed E-state index contributed by atoms with van der Waals surface area (Å²) in [6.07, 6.45) is 0. The molecule has 0 saturated carbocycles. The van der Waals surface area contributed by atoms with Gasteiger partial charge in [0.25, 0.3) is 5.56 Å². The molecule has 0 spiro atoms. The van der Waals surface area contributed by atoms with Gasteiger partial charge in [0.1, 0.15) is 5.82 Å². The molecule has 0 aliphatic heterocycles. The van der Waals surface area contributed by atoms with Crippen LogP contribution in [0.2, 0.25) is 0 Å². The van der Waals surface area contributed by atoms with E-state index < -0.39 is 0 Å². The molecule has 0 unspecified atom stereocenters.